The number of sulfone groups is 1. The summed E-state index contributed by atoms with van der Waals surface area (Å²) in [5.41, 5.74) is 5.85. The van der Waals surface area contributed by atoms with Crippen molar-refractivity contribution in [3.05, 3.63) is 0 Å². The molecule has 0 aromatic heterocycles. The van der Waals surface area contributed by atoms with Crippen molar-refractivity contribution < 1.29 is 8.42 Å². The van der Waals surface area contributed by atoms with Crippen LogP contribution in [0.3, 0.4) is 0 Å². The van der Waals surface area contributed by atoms with E-state index in [-0.39, 0.29) is 17.2 Å². The van der Waals surface area contributed by atoms with Gasteiger partial charge in [-0.2, -0.15) is 11.8 Å². The van der Waals surface area contributed by atoms with Crippen molar-refractivity contribution in [2.45, 2.75) is 31.2 Å². The van der Waals surface area contributed by atoms with Gasteiger partial charge in [0, 0.05) is 36.4 Å². The lowest BCUT2D eigenvalue weighted by Gasteiger charge is -2.40. The zero-order chi connectivity index (χ0) is 12.5. The fourth-order valence-corrected chi connectivity index (χ4v) is 5.63. The van der Waals surface area contributed by atoms with Crippen LogP contribution in [0.2, 0.25) is 0 Å². The van der Waals surface area contributed by atoms with E-state index in [2.05, 4.69) is 4.90 Å². The zero-order valence-corrected chi connectivity index (χ0v) is 12.0. The molecule has 2 fully saturated rings. The Morgan fingerprint density at radius 2 is 2.18 bits per heavy atom. The van der Waals surface area contributed by atoms with Crippen molar-refractivity contribution in [3.63, 3.8) is 0 Å². The van der Waals surface area contributed by atoms with Gasteiger partial charge in [-0.3, -0.25) is 4.90 Å². The van der Waals surface area contributed by atoms with Crippen molar-refractivity contribution in [1.82, 2.24) is 4.90 Å². The predicted octanol–water partition coefficient (Wildman–Crippen LogP) is 0.533. The van der Waals surface area contributed by atoms with Gasteiger partial charge in [0.15, 0.2) is 9.84 Å². The van der Waals surface area contributed by atoms with Crippen LogP contribution in [0.25, 0.3) is 0 Å². The third-order valence-corrected chi connectivity index (χ3v) is 7.08. The molecule has 17 heavy (non-hydrogen) atoms. The van der Waals surface area contributed by atoms with E-state index in [4.69, 9.17) is 5.73 Å². The smallest absolute Gasteiger partial charge is 0.166 e. The minimum Gasteiger partial charge on any atom is -0.329 e. The average molecular weight is 278 g/mol. The fraction of sp³-hybridized carbons (Fsp3) is 1.00. The second kappa shape index (κ2) is 5.47. The van der Waals surface area contributed by atoms with Crippen LogP contribution in [0, 0.1) is 5.92 Å². The van der Waals surface area contributed by atoms with Crippen molar-refractivity contribution in [3.8, 4) is 0 Å². The molecule has 1 heterocycles. The Hall–Kier alpha value is 0.220. The first-order valence-electron chi connectivity index (χ1n) is 6.35. The Balaban J connectivity index is 2.16. The third-order valence-electron chi connectivity index (χ3n) is 3.77. The highest BCUT2D eigenvalue weighted by Gasteiger charge is 2.42. The third kappa shape index (κ3) is 2.97. The van der Waals surface area contributed by atoms with Gasteiger partial charge >= 0.3 is 0 Å². The van der Waals surface area contributed by atoms with Gasteiger partial charge in [-0.15, -0.1) is 0 Å². The van der Waals surface area contributed by atoms with Crippen LogP contribution in [0.15, 0.2) is 0 Å². The van der Waals surface area contributed by atoms with Crippen LogP contribution in [0.1, 0.15) is 19.8 Å². The standard InChI is InChI=1S/C11H22N2O2S2/c1-2-17(14,15)11-8-16-6-5-13(11)10(7-12)9-3-4-9/h9-11H,2-8,12H2,1H3. The van der Waals surface area contributed by atoms with E-state index < -0.39 is 9.84 Å². The van der Waals surface area contributed by atoms with Gasteiger partial charge in [-0.25, -0.2) is 8.42 Å². The van der Waals surface area contributed by atoms with Gasteiger partial charge in [0.1, 0.15) is 5.37 Å². The number of nitrogens with two attached hydrogens (primary N) is 1. The molecule has 0 aromatic carbocycles. The molecule has 0 spiro atoms. The van der Waals surface area contributed by atoms with Crippen molar-refractivity contribution in [1.29, 1.82) is 0 Å². The van der Waals surface area contributed by atoms with Crippen LogP contribution in [0.5, 0.6) is 0 Å². The van der Waals surface area contributed by atoms with Crippen molar-refractivity contribution in [2.24, 2.45) is 11.7 Å². The molecule has 2 unspecified atom stereocenters. The quantitative estimate of drug-likeness (QED) is 0.795. The summed E-state index contributed by atoms with van der Waals surface area (Å²) < 4.78 is 24.3. The van der Waals surface area contributed by atoms with Crippen LogP contribution < -0.4 is 5.73 Å². The van der Waals surface area contributed by atoms with Gasteiger partial charge in [-0.05, 0) is 18.8 Å². The highest BCUT2D eigenvalue weighted by molar-refractivity contribution is 8.01. The fourth-order valence-electron chi connectivity index (χ4n) is 2.56. The first-order valence-corrected chi connectivity index (χ1v) is 9.22. The minimum absolute atomic E-state index is 0.233. The summed E-state index contributed by atoms with van der Waals surface area (Å²) in [6, 6.07) is 0.280. The number of nitrogens with zero attached hydrogens (tertiary/aromatic N) is 1. The Morgan fingerprint density at radius 1 is 1.47 bits per heavy atom. The first kappa shape index (κ1) is 13.6. The summed E-state index contributed by atoms with van der Waals surface area (Å²) in [4.78, 5) is 2.17. The molecule has 100 valence electrons. The largest absolute Gasteiger partial charge is 0.329 e. The lowest BCUT2D eigenvalue weighted by molar-refractivity contribution is 0.177. The predicted molar refractivity (Wildman–Crippen MR) is 72.8 cm³/mol. The molecular formula is C11H22N2O2S2. The summed E-state index contributed by atoms with van der Waals surface area (Å²) in [7, 11) is -2.98. The molecule has 2 atom stereocenters. The molecule has 0 bridgehead atoms. The lowest BCUT2D eigenvalue weighted by atomic mass is 10.1. The van der Waals surface area contributed by atoms with Crippen LogP contribution >= 0.6 is 11.8 Å². The van der Waals surface area contributed by atoms with Gasteiger partial charge in [-0.1, -0.05) is 6.92 Å². The minimum atomic E-state index is -2.98. The normalized spacial score (nSPS) is 29.2. The molecule has 0 aromatic rings. The van der Waals surface area contributed by atoms with E-state index in [1.807, 2.05) is 0 Å². The topological polar surface area (TPSA) is 63.4 Å². The molecule has 0 radical (unpaired) electrons. The summed E-state index contributed by atoms with van der Waals surface area (Å²) in [5, 5.41) is -0.305. The number of hydrogen-bond acceptors (Lipinski definition) is 5. The zero-order valence-electron chi connectivity index (χ0n) is 10.3. The van der Waals surface area contributed by atoms with E-state index in [1.54, 1.807) is 18.7 Å². The van der Waals surface area contributed by atoms with Gasteiger partial charge in [0.25, 0.3) is 0 Å². The molecule has 2 N–H and O–H groups in total. The van der Waals surface area contributed by atoms with Gasteiger partial charge < -0.3 is 5.73 Å². The van der Waals surface area contributed by atoms with E-state index in [0.29, 0.717) is 18.2 Å². The number of thioether (sulfide) groups is 1. The number of hydrogen-bond donors (Lipinski definition) is 1. The highest BCUT2D eigenvalue weighted by Crippen LogP contribution is 2.37. The second-order valence-corrected chi connectivity index (χ2v) is 8.46. The Bertz CT molecular complexity index is 354. The molecule has 1 aliphatic carbocycles. The van der Waals surface area contributed by atoms with E-state index in [0.717, 1.165) is 12.3 Å². The SMILES string of the molecule is CCS(=O)(=O)C1CSCCN1C(CN)C1CC1. The molecule has 4 nitrogen and oxygen atoms in total. The molecule has 2 aliphatic rings. The van der Waals surface area contributed by atoms with E-state index in [9.17, 15) is 8.42 Å². The summed E-state index contributed by atoms with van der Waals surface area (Å²) in [6.45, 7) is 3.19. The lowest BCUT2D eigenvalue weighted by Crippen LogP contribution is -2.55. The first-order chi connectivity index (χ1) is 8.10. The molecule has 1 aliphatic heterocycles. The summed E-state index contributed by atoms with van der Waals surface area (Å²) in [6.07, 6.45) is 2.43. The maximum atomic E-state index is 12.1. The van der Waals surface area contributed by atoms with Crippen LogP contribution in [-0.2, 0) is 9.84 Å². The van der Waals surface area contributed by atoms with Gasteiger partial charge in [0.05, 0.1) is 0 Å². The second-order valence-electron chi connectivity index (χ2n) is 4.86. The summed E-state index contributed by atoms with van der Waals surface area (Å²) >= 11 is 1.75. The monoisotopic (exact) mass is 278 g/mol. The van der Waals surface area contributed by atoms with E-state index in [1.165, 1.54) is 12.8 Å². The highest BCUT2D eigenvalue weighted by atomic mass is 32.2. The maximum Gasteiger partial charge on any atom is 0.166 e. The van der Waals surface area contributed by atoms with Crippen LogP contribution in [-0.4, -0.2) is 55.1 Å². The number of rotatable bonds is 5. The Kier molecular flexibility index (Phi) is 4.39. The van der Waals surface area contributed by atoms with Crippen molar-refractivity contribution >= 4 is 21.6 Å². The molecular weight excluding hydrogens is 256 g/mol. The van der Waals surface area contributed by atoms with Crippen LogP contribution in [0.4, 0.5) is 0 Å². The Morgan fingerprint density at radius 3 is 2.71 bits per heavy atom. The molecule has 1 saturated heterocycles. The molecule has 6 heteroatoms. The maximum absolute atomic E-state index is 12.1. The van der Waals surface area contributed by atoms with Gasteiger partial charge in [0.2, 0.25) is 0 Å². The Labute approximate surface area is 108 Å². The van der Waals surface area contributed by atoms with E-state index >= 15 is 0 Å². The molecule has 1 saturated carbocycles. The van der Waals surface area contributed by atoms with Crippen molar-refractivity contribution in [2.75, 3.05) is 30.3 Å². The average Bonchev–Trinajstić information content (AvgIpc) is 3.15. The summed E-state index contributed by atoms with van der Waals surface area (Å²) in [5.74, 6) is 2.60. The molecule has 0 amide bonds. The molecule has 2 rings (SSSR count).